The normalized spacial score (nSPS) is 16.2. The number of hydrogen-bond donors (Lipinski definition) is 3. The van der Waals surface area contributed by atoms with Gasteiger partial charge in [0.15, 0.2) is 0 Å². The summed E-state index contributed by atoms with van der Waals surface area (Å²) in [5, 5.41) is 18.0. The summed E-state index contributed by atoms with van der Waals surface area (Å²) in [5.74, 6) is -1.03. The first kappa shape index (κ1) is 9.79. The Hall–Kier alpha value is -1.75. The molecule has 0 bridgehead atoms. The molecule has 1 heterocycles. The molecule has 0 aromatic heterocycles. The van der Waals surface area contributed by atoms with Gasteiger partial charge in [-0.1, -0.05) is 0 Å². The lowest BCUT2D eigenvalue weighted by Gasteiger charge is -2.38. The molecule has 1 aromatic carbocycles. The van der Waals surface area contributed by atoms with Crippen molar-refractivity contribution in [1.82, 2.24) is 0 Å². The molecule has 5 nitrogen and oxygen atoms in total. The highest BCUT2D eigenvalue weighted by atomic mass is 16.4. The van der Waals surface area contributed by atoms with Crippen LogP contribution < -0.4 is 10.6 Å². The van der Waals surface area contributed by atoms with Crippen LogP contribution in [0.1, 0.15) is 10.4 Å². The maximum atomic E-state index is 10.8. The zero-order valence-corrected chi connectivity index (χ0v) is 8.05. The van der Waals surface area contributed by atoms with Crippen LogP contribution in [0.15, 0.2) is 18.2 Å². The third kappa shape index (κ3) is 1.73. The van der Waals surface area contributed by atoms with E-state index in [2.05, 4.69) is 0 Å². The van der Waals surface area contributed by atoms with Crippen molar-refractivity contribution in [1.29, 1.82) is 0 Å². The van der Waals surface area contributed by atoms with Crippen molar-refractivity contribution in [3.8, 4) is 0 Å². The number of rotatable bonds is 2. The number of benzene rings is 1. The lowest BCUT2D eigenvalue weighted by Crippen LogP contribution is -2.50. The summed E-state index contributed by atoms with van der Waals surface area (Å²) < 4.78 is 0. The van der Waals surface area contributed by atoms with Crippen molar-refractivity contribution in [3.63, 3.8) is 0 Å². The first-order valence-corrected chi connectivity index (χ1v) is 4.64. The second-order valence-corrected chi connectivity index (χ2v) is 3.64. The molecular formula is C10H12N2O3. The van der Waals surface area contributed by atoms with Gasteiger partial charge in [0.05, 0.1) is 11.7 Å². The van der Waals surface area contributed by atoms with Crippen LogP contribution in [0, 0.1) is 0 Å². The lowest BCUT2D eigenvalue weighted by atomic mass is 10.1. The molecular weight excluding hydrogens is 196 g/mol. The van der Waals surface area contributed by atoms with Gasteiger partial charge in [0.25, 0.3) is 0 Å². The van der Waals surface area contributed by atoms with Crippen molar-refractivity contribution < 1.29 is 15.0 Å². The summed E-state index contributed by atoms with van der Waals surface area (Å²) in [6.07, 6.45) is -0.309. The van der Waals surface area contributed by atoms with Gasteiger partial charge in [0.2, 0.25) is 0 Å². The zero-order chi connectivity index (χ0) is 11.0. The van der Waals surface area contributed by atoms with Crippen molar-refractivity contribution >= 4 is 17.3 Å². The quantitative estimate of drug-likeness (QED) is 0.602. The zero-order valence-electron chi connectivity index (χ0n) is 8.05. The molecule has 2 rings (SSSR count). The van der Waals surface area contributed by atoms with Crippen LogP contribution in [0.3, 0.4) is 0 Å². The smallest absolute Gasteiger partial charge is 0.337 e. The van der Waals surface area contributed by atoms with Gasteiger partial charge in [-0.3, -0.25) is 0 Å². The average Bonchev–Trinajstić information content (AvgIpc) is 2.14. The van der Waals surface area contributed by atoms with Gasteiger partial charge in [0, 0.05) is 24.5 Å². The molecule has 80 valence electrons. The molecule has 0 unspecified atom stereocenters. The van der Waals surface area contributed by atoms with E-state index in [0.29, 0.717) is 13.1 Å². The Bertz CT molecular complexity index is 400. The number of carbonyl (C=O) groups is 1. The van der Waals surface area contributed by atoms with Gasteiger partial charge in [0.1, 0.15) is 0 Å². The Labute approximate surface area is 86.7 Å². The van der Waals surface area contributed by atoms with Crippen molar-refractivity contribution in [2.75, 3.05) is 23.7 Å². The third-order valence-electron chi connectivity index (χ3n) is 2.49. The Kier molecular flexibility index (Phi) is 2.24. The fourth-order valence-electron chi connectivity index (χ4n) is 1.59. The number of aliphatic hydroxyl groups excluding tert-OH is 1. The highest BCUT2D eigenvalue weighted by molar-refractivity contribution is 5.94. The van der Waals surface area contributed by atoms with Crippen molar-refractivity contribution in [2.45, 2.75) is 6.10 Å². The van der Waals surface area contributed by atoms with Crippen LogP contribution in [-0.4, -0.2) is 35.4 Å². The van der Waals surface area contributed by atoms with Crippen LogP contribution in [0.2, 0.25) is 0 Å². The Morgan fingerprint density at radius 1 is 1.47 bits per heavy atom. The number of aliphatic hydroxyl groups is 1. The van der Waals surface area contributed by atoms with E-state index in [-0.39, 0.29) is 17.4 Å². The van der Waals surface area contributed by atoms with Crippen LogP contribution in [0.25, 0.3) is 0 Å². The molecule has 4 N–H and O–H groups in total. The molecule has 1 aromatic rings. The first-order valence-electron chi connectivity index (χ1n) is 4.64. The summed E-state index contributed by atoms with van der Waals surface area (Å²) in [6, 6.07) is 4.86. The van der Waals surface area contributed by atoms with Gasteiger partial charge >= 0.3 is 5.97 Å². The Morgan fingerprint density at radius 2 is 2.13 bits per heavy atom. The highest BCUT2D eigenvalue weighted by Crippen LogP contribution is 2.25. The number of nitrogens with two attached hydrogens (primary N) is 1. The molecule has 0 atom stereocenters. The van der Waals surface area contributed by atoms with Gasteiger partial charge in [-0.25, -0.2) is 4.79 Å². The number of carboxylic acid groups (broad SMARTS) is 1. The molecule has 1 saturated heterocycles. The van der Waals surface area contributed by atoms with Gasteiger partial charge in [-0.05, 0) is 18.2 Å². The predicted octanol–water partition coefficient (Wildman–Crippen LogP) is 0.148. The Balaban J connectivity index is 2.27. The topological polar surface area (TPSA) is 86.8 Å². The number of β-amino-alcohol motifs (C(OH)–C–C–N with tert-alkyl or cyclic N) is 1. The minimum atomic E-state index is -1.03. The lowest BCUT2D eigenvalue weighted by molar-refractivity contribution is 0.0698. The molecule has 0 radical (unpaired) electrons. The van der Waals surface area contributed by atoms with Crippen LogP contribution in [0.4, 0.5) is 11.4 Å². The Morgan fingerprint density at radius 3 is 2.67 bits per heavy atom. The van der Waals surface area contributed by atoms with Crippen LogP contribution in [0.5, 0.6) is 0 Å². The van der Waals surface area contributed by atoms with Crippen LogP contribution >= 0.6 is 0 Å². The standard InChI is InChI=1S/C10H12N2O3/c11-9-2-1-6(3-8(9)10(14)15)12-4-7(13)5-12/h1-3,7,13H,4-5,11H2,(H,14,15). The molecule has 0 amide bonds. The SMILES string of the molecule is Nc1ccc(N2CC(O)C2)cc1C(=O)O. The fraction of sp³-hybridized carbons (Fsp3) is 0.300. The fourth-order valence-corrected chi connectivity index (χ4v) is 1.59. The first-order chi connectivity index (χ1) is 7.08. The summed E-state index contributed by atoms with van der Waals surface area (Å²) in [4.78, 5) is 12.7. The van der Waals surface area contributed by atoms with E-state index in [1.54, 1.807) is 12.1 Å². The second kappa shape index (κ2) is 3.43. The molecule has 0 aliphatic carbocycles. The average molecular weight is 208 g/mol. The van der Waals surface area contributed by atoms with Crippen molar-refractivity contribution in [3.05, 3.63) is 23.8 Å². The van der Waals surface area contributed by atoms with Gasteiger partial charge < -0.3 is 20.8 Å². The number of carboxylic acids is 1. The summed E-state index contributed by atoms with van der Waals surface area (Å²) >= 11 is 0. The minimum absolute atomic E-state index is 0.105. The van der Waals surface area contributed by atoms with E-state index < -0.39 is 5.97 Å². The van der Waals surface area contributed by atoms with E-state index in [1.165, 1.54) is 6.07 Å². The third-order valence-corrected chi connectivity index (χ3v) is 2.49. The highest BCUT2D eigenvalue weighted by Gasteiger charge is 2.25. The largest absolute Gasteiger partial charge is 0.478 e. The summed E-state index contributed by atoms with van der Waals surface area (Å²) in [7, 11) is 0. The molecule has 0 saturated carbocycles. The molecule has 1 aliphatic heterocycles. The second-order valence-electron chi connectivity index (χ2n) is 3.64. The number of nitrogen functional groups attached to an aromatic ring is 1. The minimum Gasteiger partial charge on any atom is -0.478 e. The van der Waals surface area contributed by atoms with E-state index >= 15 is 0 Å². The molecule has 1 fully saturated rings. The maximum absolute atomic E-state index is 10.8. The van der Waals surface area contributed by atoms with Gasteiger partial charge in [-0.15, -0.1) is 0 Å². The molecule has 15 heavy (non-hydrogen) atoms. The summed E-state index contributed by atoms with van der Waals surface area (Å²) in [5.41, 5.74) is 6.67. The van der Waals surface area contributed by atoms with E-state index in [9.17, 15) is 4.79 Å². The molecule has 1 aliphatic rings. The number of nitrogens with zero attached hydrogens (tertiary/aromatic N) is 1. The predicted molar refractivity (Wildman–Crippen MR) is 56.0 cm³/mol. The van der Waals surface area contributed by atoms with Crippen molar-refractivity contribution in [2.24, 2.45) is 0 Å². The van der Waals surface area contributed by atoms with Crippen LogP contribution in [-0.2, 0) is 0 Å². The number of hydrogen-bond acceptors (Lipinski definition) is 4. The molecule has 5 heteroatoms. The monoisotopic (exact) mass is 208 g/mol. The summed E-state index contributed by atoms with van der Waals surface area (Å²) in [6.45, 7) is 1.09. The number of anilines is 2. The van der Waals surface area contributed by atoms with E-state index in [0.717, 1.165) is 5.69 Å². The molecule has 0 spiro atoms. The number of aromatic carboxylic acids is 1. The van der Waals surface area contributed by atoms with E-state index in [1.807, 2.05) is 4.90 Å². The maximum Gasteiger partial charge on any atom is 0.337 e. The van der Waals surface area contributed by atoms with Gasteiger partial charge in [-0.2, -0.15) is 0 Å². The van der Waals surface area contributed by atoms with E-state index in [4.69, 9.17) is 15.9 Å².